The van der Waals surface area contributed by atoms with Gasteiger partial charge in [0.15, 0.2) is 0 Å². The standard InChI is InChI=1S/C18H21N3O3/c1-11-16(12(2)20(3)19-11)9-17(22)21-7-6-13-4-5-14(18(23)24)8-15(13)10-21/h4-5,8H,6-7,9-10H2,1-3H3,(H,23,24). The molecule has 1 N–H and O–H groups in total. The Morgan fingerprint density at radius 3 is 2.62 bits per heavy atom. The first-order valence-corrected chi connectivity index (χ1v) is 7.98. The number of hydrogen-bond acceptors (Lipinski definition) is 3. The van der Waals surface area contributed by atoms with Crippen LogP contribution in [0.1, 0.15) is 38.4 Å². The molecule has 0 fully saturated rings. The molecule has 0 radical (unpaired) electrons. The highest BCUT2D eigenvalue weighted by Crippen LogP contribution is 2.22. The summed E-state index contributed by atoms with van der Waals surface area (Å²) in [7, 11) is 1.88. The molecule has 1 aromatic heterocycles. The van der Waals surface area contributed by atoms with E-state index in [-0.39, 0.29) is 11.5 Å². The molecule has 2 heterocycles. The van der Waals surface area contributed by atoms with E-state index >= 15 is 0 Å². The summed E-state index contributed by atoms with van der Waals surface area (Å²) < 4.78 is 1.79. The van der Waals surface area contributed by atoms with Gasteiger partial charge >= 0.3 is 5.97 Å². The van der Waals surface area contributed by atoms with Crippen LogP contribution in [-0.2, 0) is 31.2 Å². The van der Waals surface area contributed by atoms with Crippen molar-refractivity contribution in [1.29, 1.82) is 0 Å². The molecule has 0 unspecified atom stereocenters. The van der Waals surface area contributed by atoms with Gasteiger partial charge in [-0.25, -0.2) is 4.79 Å². The number of carbonyl (C=O) groups excluding carboxylic acids is 1. The zero-order chi connectivity index (χ0) is 17.4. The summed E-state index contributed by atoms with van der Waals surface area (Å²) in [5, 5.41) is 13.5. The third-order valence-corrected chi connectivity index (χ3v) is 4.81. The summed E-state index contributed by atoms with van der Waals surface area (Å²) in [5.41, 5.74) is 5.18. The molecule has 0 spiro atoms. The average Bonchev–Trinajstić information content (AvgIpc) is 2.80. The maximum absolute atomic E-state index is 12.7. The van der Waals surface area contributed by atoms with E-state index in [1.165, 1.54) is 0 Å². The van der Waals surface area contributed by atoms with Crippen LogP contribution in [-0.4, -0.2) is 38.2 Å². The molecule has 1 amide bonds. The van der Waals surface area contributed by atoms with Crippen molar-refractivity contribution in [2.75, 3.05) is 6.54 Å². The molecular formula is C18H21N3O3. The molecule has 1 aliphatic rings. The molecule has 0 aliphatic carbocycles. The molecule has 0 atom stereocenters. The number of carbonyl (C=O) groups is 2. The topological polar surface area (TPSA) is 75.4 Å². The zero-order valence-corrected chi connectivity index (χ0v) is 14.2. The van der Waals surface area contributed by atoms with Gasteiger partial charge in [-0.3, -0.25) is 9.48 Å². The number of carboxylic acids is 1. The van der Waals surface area contributed by atoms with E-state index in [0.717, 1.165) is 34.5 Å². The minimum atomic E-state index is -0.942. The van der Waals surface area contributed by atoms with Crippen molar-refractivity contribution in [3.05, 3.63) is 51.8 Å². The number of rotatable bonds is 3. The van der Waals surface area contributed by atoms with E-state index in [1.807, 2.05) is 27.0 Å². The Morgan fingerprint density at radius 1 is 1.25 bits per heavy atom. The largest absolute Gasteiger partial charge is 0.478 e. The predicted molar refractivity (Wildman–Crippen MR) is 88.9 cm³/mol. The summed E-state index contributed by atoms with van der Waals surface area (Å²) in [6, 6.07) is 5.16. The maximum atomic E-state index is 12.7. The molecule has 0 saturated carbocycles. The van der Waals surface area contributed by atoms with Crippen molar-refractivity contribution >= 4 is 11.9 Å². The maximum Gasteiger partial charge on any atom is 0.335 e. The van der Waals surface area contributed by atoms with Gasteiger partial charge in [0.05, 0.1) is 17.7 Å². The SMILES string of the molecule is Cc1nn(C)c(C)c1CC(=O)N1CCc2ccc(C(=O)O)cc2C1. The molecular weight excluding hydrogens is 306 g/mol. The van der Waals surface area contributed by atoms with E-state index in [9.17, 15) is 9.59 Å². The van der Waals surface area contributed by atoms with Crippen LogP contribution in [0.3, 0.4) is 0 Å². The number of carboxylic acid groups (broad SMARTS) is 1. The second kappa shape index (κ2) is 6.11. The van der Waals surface area contributed by atoms with Crippen LogP contribution in [0.4, 0.5) is 0 Å². The van der Waals surface area contributed by atoms with Crippen LogP contribution >= 0.6 is 0 Å². The van der Waals surface area contributed by atoms with Gasteiger partial charge in [0.25, 0.3) is 0 Å². The number of aromatic carboxylic acids is 1. The van der Waals surface area contributed by atoms with Gasteiger partial charge < -0.3 is 10.0 Å². The Labute approximate surface area is 140 Å². The Morgan fingerprint density at radius 2 is 2.00 bits per heavy atom. The third kappa shape index (κ3) is 2.91. The minimum Gasteiger partial charge on any atom is -0.478 e. The van der Waals surface area contributed by atoms with E-state index < -0.39 is 5.97 Å². The van der Waals surface area contributed by atoms with E-state index in [0.29, 0.717) is 19.5 Å². The average molecular weight is 327 g/mol. The lowest BCUT2D eigenvalue weighted by Crippen LogP contribution is -2.37. The van der Waals surface area contributed by atoms with Gasteiger partial charge in [-0.05, 0) is 43.5 Å². The lowest BCUT2D eigenvalue weighted by Gasteiger charge is -2.29. The fourth-order valence-electron chi connectivity index (χ4n) is 3.24. The van der Waals surface area contributed by atoms with Gasteiger partial charge in [-0.1, -0.05) is 6.07 Å². The summed E-state index contributed by atoms with van der Waals surface area (Å²) in [6.07, 6.45) is 1.09. The molecule has 0 bridgehead atoms. The molecule has 2 aromatic rings. The second-order valence-electron chi connectivity index (χ2n) is 6.30. The highest BCUT2D eigenvalue weighted by Gasteiger charge is 2.23. The van der Waals surface area contributed by atoms with Crippen molar-refractivity contribution in [2.24, 2.45) is 7.05 Å². The van der Waals surface area contributed by atoms with Crippen molar-refractivity contribution in [1.82, 2.24) is 14.7 Å². The van der Waals surface area contributed by atoms with Gasteiger partial charge in [-0.2, -0.15) is 5.10 Å². The number of nitrogens with zero attached hydrogens (tertiary/aromatic N) is 3. The van der Waals surface area contributed by atoms with E-state index in [4.69, 9.17) is 5.11 Å². The lowest BCUT2D eigenvalue weighted by molar-refractivity contribution is -0.131. The molecule has 3 rings (SSSR count). The minimum absolute atomic E-state index is 0.0561. The summed E-state index contributed by atoms with van der Waals surface area (Å²) in [6.45, 7) is 5.01. The molecule has 126 valence electrons. The molecule has 1 aliphatic heterocycles. The molecule has 0 saturated heterocycles. The summed E-state index contributed by atoms with van der Waals surface area (Å²) in [5.74, 6) is -0.886. The number of aryl methyl sites for hydroxylation is 2. The van der Waals surface area contributed by atoms with Crippen molar-refractivity contribution in [3.63, 3.8) is 0 Å². The van der Waals surface area contributed by atoms with Crippen molar-refractivity contribution in [3.8, 4) is 0 Å². The molecule has 1 aromatic carbocycles. The first-order valence-electron chi connectivity index (χ1n) is 7.98. The van der Waals surface area contributed by atoms with Gasteiger partial charge in [0.2, 0.25) is 5.91 Å². The summed E-state index contributed by atoms with van der Waals surface area (Å²) in [4.78, 5) is 25.6. The Kier molecular flexibility index (Phi) is 4.13. The smallest absolute Gasteiger partial charge is 0.335 e. The van der Waals surface area contributed by atoms with E-state index in [1.54, 1.807) is 21.7 Å². The van der Waals surface area contributed by atoms with Crippen molar-refractivity contribution in [2.45, 2.75) is 33.2 Å². The zero-order valence-electron chi connectivity index (χ0n) is 14.2. The van der Waals surface area contributed by atoms with Gasteiger partial charge in [0.1, 0.15) is 0 Å². The fourth-order valence-corrected chi connectivity index (χ4v) is 3.24. The number of hydrogen-bond donors (Lipinski definition) is 1. The second-order valence-corrected chi connectivity index (χ2v) is 6.30. The first-order chi connectivity index (χ1) is 11.4. The Bertz CT molecular complexity index is 823. The van der Waals surface area contributed by atoms with Crippen LogP contribution in [0.2, 0.25) is 0 Å². The number of benzene rings is 1. The van der Waals surface area contributed by atoms with Crippen LogP contribution in [0, 0.1) is 13.8 Å². The fraction of sp³-hybridized carbons (Fsp3) is 0.389. The predicted octanol–water partition coefficient (Wildman–Crippen LogP) is 1.86. The van der Waals surface area contributed by atoms with Crippen LogP contribution < -0.4 is 0 Å². The number of amides is 1. The van der Waals surface area contributed by atoms with Gasteiger partial charge in [0, 0.05) is 31.4 Å². The van der Waals surface area contributed by atoms with Crippen LogP contribution in [0.25, 0.3) is 0 Å². The number of fused-ring (bicyclic) bond motifs is 1. The molecule has 24 heavy (non-hydrogen) atoms. The van der Waals surface area contributed by atoms with Gasteiger partial charge in [-0.15, -0.1) is 0 Å². The Hall–Kier alpha value is -2.63. The van der Waals surface area contributed by atoms with Crippen molar-refractivity contribution < 1.29 is 14.7 Å². The summed E-state index contributed by atoms with van der Waals surface area (Å²) >= 11 is 0. The highest BCUT2D eigenvalue weighted by molar-refractivity contribution is 5.88. The number of aromatic nitrogens is 2. The quantitative estimate of drug-likeness (QED) is 0.934. The monoisotopic (exact) mass is 327 g/mol. The Balaban J connectivity index is 1.78. The molecule has 6 nitrogen and oxygen atoms in total. The van der Waals surface area contributed by atoms with Crippen LogP contribution in [0.5, 0.6) is 0 Å². The first kappa shape index (κ1) is 16.2. The molecule has 6 heteroatoms. The normalized spacial score (nSPS) is 13.7. The third-order valence-electron chi connectivity index (χ3n) is 4.81. The highest BCUT2D eigenvalue weighted by atomic mass is 16.4. The van der Waals surface area contributed by atoms with Crippen LogP contribution in [0.15, 0.2) is 18.2 Å². The lowest BCUT2D eigenvalue weighted by atomic mass is 9.97. The van der Waals surface area contributed by atoms with E-state index in [2.05, 4.69) is 5.10 Å².